The van der Waals surface area contributed by atoms with E-state index in [0.717, 1.165) is 34.3 Å². The molecular weight excluding hydrogens is 244 g/mol. The SMILES string of the molecule is C=Cc1c(C(=C)Cc2ccccc2)oc2ccccc12. The molecule has 0 saturated heterocycles. The Kier molecular flexibility index (Phi) is 3.26. The maximum Gasteiger partial charge on any atom is 0.138 e. The van der Waals surface area contributed by atoms with Crippen LogP contribution in [0.3, 0.4) is 0 Å². The first-order valence-corrected chi connectivity index (χ1v) is 6.65. The fourth-order valence-corrected chi connectivity index (χ4v) is 2.45. The molecule has 98 valence electrons. The molecule has 20 heavy (non-hydrogen) atoms. The fourth-order valence-electron chi connectivity index (χ4n) is 2.45. The van der Waals surface area contributed by atoms with Crippen molar-refractivity contribution < 1.29 is 4.42 Å². The summed E-state index contributed by atoms with van der Waals surface area (Å²) in [6.07, 6.45) is 2.62. The molecule has 0 radical (unpaired) electrons. The van der Waals surface area contributed by atoms with Crippen molar-refractivity contribution in [2.75, 3.05) is 0 Å². The third kappa shape index (κ3) is 2.19. The van der Waals surface area contributed by atoms with Gasteiger partial charge in [-0.1, -0.05) is 67.8 Å². The van der Waals surface area contributed by atoms with E-state index in [1.807, 2.05) is 42.5 Å². The van der Waals surface area contributed by atoms with E-state index in [0.29, 0.717) is 0 Å². The summed E-state index contributed by atoms with van der Waals surface area (Å²) in [6, 6.07) is 18.3. The molecule has 0 spiro atoms. The molecule has 1 heteroatoms. The average molecular weight is 260 g/mol. The highest BCUT2D eigenvalue weighted by atomic mass is 16.3. The van der Waals surface area contributed by atoms with Crippen LogP contribution in [0.15, 0.2) is 72.2 Å². The summed E-state index contributed by atoms with van der Waals surface area (Å²) < 4.78 is 5.95. The van der Waals surface area contributed by atoms with Gasteiger partial charge in [0.1, 0.15) is 11.3 Å². The van der Waals surface area contributed by atoms with Gasteiger partial charge in [0.25, 0.3) is 0 Å². The molecule has 1 nitrogen and oxygen atoms in total. The topological polar surface area (TPSA) is 13.1 Å². The lowest BCUT2D eigenvalue weighted by atomic mass is 10.0. The van der Waals surface area contributed by atoms with Crippen LogP contribution in [0.2, 0.25) is 0 Å². The zero-order chi connectivity index (χ0) is 13.9. The highest BCUT2D eigenvalue weighted by Gasteiger charge is 2.14. The molecule has 3 aromatic rings. The predicted octanol–water partition coefficient (Wildman–Crippen LogP) is 5.33. The molecule has 1 aromatic heterocycles. The van der Waals surface area contributed by atoms with Gasteiger partial charge in [-0.2, -0.15) is 0 Å². The van der Waals surface area contributed by atoms with Crippen molar-refractivity contribution in [3.63, 3.8) is 0 Å². The normalized spacial score (nSPS) is 10.6. The van der Waals surface area contributed by atoms with Gasteiger partial charge in [0.2, 0.25) is 0 Å². The van der Waals surface area contributed by atoms with Crippen LogP contribution >= 0.6 is 0 Å². The number of allylic oxidation sites excluding steroid dienone is 1. The molecular formula is C19H16O. The van der Waals surface area contributed by atoms with Crippen LogP contribution < -0.4 is 0 Å². The summed E-state index contributed by atoms with van der Waals surface area (Å²) >= 11 is 0. The van der Waals surface area contributed by atoms with E-state index in [1.54, 1.807) is 0 Å². The summed E-state index contributed by atoms with van der Waals surface area (Å²) in [5.41, 5.74) is 4.11. The molecule has 3 rings (SSSR count). The van der Waals surface area contributed by atoms with Crippen LogP contribution in [-0.2, 0) is 6.42 Å². The van der Waals surface area contributed by atoms with Crippen LogP contribution in [0.5, 0.6) is 0 Å². The number of hydrogen-bond acceptors (Lipinski definition) is 1. The number of fused-ring (bicyclic) bond motifs is 1. The number of hydrogen-bond donors (Lipinski definition) is 0. The fraction of sp³-hybridized carbons (Fsp3) is 0.0526. The maximum absolute atomic E-state index is 5.95. The molecule has 0 amide bonds. The number of rotatable bonds is 4. The average Bonchev–Trinajstić information content (AvgIpc) is 2.87. The molecule has 0 unspecified atom stereocenters. The smallest absolute Gasteiger partial charge is 0.138 e. The van der Waals surface area contributed by atoms with Crippen molar-refractivity contribution in [1.82, 2.24) is 0 Å². The molecule has 0 aliphatic rings. The molecule has 0 fully saturated rings. The summed E-state index contributed by atoms with van der Waals surface area (Å²) in [5, 5.41) is 1.09. The molecule has 0 saturated carbocycles. The van der Waals surface area contributed by atoms with Crippen molar-refractivity contribution in [1.29, 1.82) is 0 Å². The van der Waals surface area contributed by atoms with Gasteiger partial charge in [-0.05, 0) is 17.2 Å². The minimum atomic E-state index is 0.779. The second-order valence-electron chi connectivity index (χ2n) is 4.81. The van der Waals surface area contributed by atoms with Gasteiger partial charge < -0.3 is 4.42 Å². The Morgan fingerprint density at radius 1 is 1.00 bits per heavy atom. The minimum Gasteiger partial charge on any atom is -0.456 e. The molecule has 2 aromatic carbocycles. The van der Waals surface area contributed by atoms with E-state index < -0.39 is 0 Å². The molecule has 1 heterocycles. The van der Waals surface area contributed by atoms with Crippen LogP contribution in [0.25, 0.3) is 22.6 Å². The van der Waals surface area contributed by atoms with Crippen LogP contribution in [0, 0.1) is 0 Å². The van der Waals surface area contributed by atoms with Gasteiger partial charge in [0.05, 0.1) is 0 Å². The molecule has 0 bridgehead atoms. The second kappa shape index (κ2) is 5.22. The minimum absolute atomic E-state index is 0.779. The first-order valence-electron chi connectivity index (χ1n) is 6.65. The second-order valence-corrected chi connectivity index (χ2v) is 4.81. The molecule has 0 aliphatic carbocycles. The highest BCUT2D eigenvalue weighted by Crippen LogP contribution is 2.32. The van der Waals surface area contributed by atoms with E-state index in [1.165, 1.54) is 5.56 Å². The Labute approximate surface area is 118 Å². The van der Waals surface area contributed by atoms with Crippen molar-refractivity contribution in [3.8, 4) is 0 Å². The summed E-state index contributed by atoms with van der Waals surface area (Å²) in [6.45, 7) is 8.08. The Morgan fingerprint density at radius 2 is 1.70 bits per heavy atom. The highest BCUT2D eigenvalue weighted by molar-refractivity contribution is 5.92. The molecule has 0 atom stereocenters. The van der Waals surface area contributed by atoms with E-state index in [2.05, 4.69) is 31.4 Å². The van der Waals surface area contributed by atoms with E-state index >= 15 is 0 Å². The van der Waals surface area contributed by atoms with E-state index in [-0.39, 0.29) is 0 Å². The standard InChI is InChI=1S/C19H16O/c1-3-16-17-11-7-8-12-18(17)20-19(16)14(2)13-15-9-5-4-6-10-15/h3-12H,1-2,13H2. The zero-order valence-corrected chi connectivity index (χ0v) is 11.3. The number of furan rings is 1. The van der Waals surface area contributed by atoms with Crippen LogP contribution in [0.4, 0.5) is 0 Å². The van der Waals surface area contributed by atoms with Crippen molar-refractivity contribution in [2.45, 2.75) is 6.42 Å². The third-order valence-electron chi connectivity index (χ3n) is 3.42. The van der Waals surface area contributed by atoms with Gasteiger partial charge in [-0.15, -0.1) is 0 Å². The molecule has 0 aliphatic heterocycles. The Balaban J connectivity index is 2.01. The largest absolute Gasteiger partial charge is 0.456 e. The summed E-state index contributed by atoms with van der Waals surface area (Å²) in [5.74, 6) is 0.838. The predicted molar refractivity (Wildman–Crippen MR) is 85.5 cm³/mol. The Morgan fingerprint density at radius 3 is 2.45 bits per heavy atom. The Hall–Kier alpha value is -2.54. The van der Waals surface area contributed by atoms with Crippen molar-refractivity contribution in [3.05, 3.63) is 84.6 Å². The quantitative estimate of drug-likeness (QED) is 0.617. The summed E-state index contributed by atoms with van der Waals surface area (Å²) in [7, 11) is 0. The van der Waals surface area contributed by atoms with E-state index in [4.69, 9.17) is 4.42 Å². The molecule has 0 N–H and O–H groups in total. The zero-order valence-electron chi connectivity index (χ0n) is 11.3. The lowest BCUT2D eigenvalue weighted by molar-refractivity contribution is 0.597. The summed E-state index contributed by atoms with van der Waals surface area (Å²) in [4.78, 5) is 0. The van der Waals surface area contributed by atoms with Gasteiger partial charge in [0, 0.05) is 17.4 Å². The lowest BCUT2D eigenvalue weighted by Gasteiger charge is -2.04. The van der Waals surface area contributed by atoms with E-state index in [9.17, 15) is 0 Å². The first-order chi connectivity index (χ1) is 9.79. The van der Waals surface area contributed by atoms with Gasteiger partial charge in [0.15, 0.2) is 0 Å². The lowest BCUT2D eigenvalue weighted by Crippen LogP contribution is -1.89. The van der Waals surface area contributed by atoms with Gasteiger partial charge >= 0.3 is 0 Å². The van der Waals surface area contributed by atoms with Gasteiger partial charge in [-0.3, -0.25) is 0 Å². The number of benzene rings is 2. The van der Waals surface area contributed by atoms with Crippen LogP contribution in [-0.4, -0.2) is 0 Å². The maximum atomic E-state index is 5.95. The van der Waals surface area contributed by atoms with Crippen LogP contribution in [0.1, 0.15) is 16.9 Å². The van der Waals surface area contributed by atoms with Crippen molar-refractivity contribution >= 4 is 22.6 Å². The first kappa shape index (κ1) is 12.5. The Bertz CT molecular complexity index is 763. The third-order valence-corrected chi connectivity index (χ3v) is 3.42. The van der Waals surface area contributed by atoms with Gasteiger partial charge in [-0.25, -0.2) is 0 Å². The van der Waals surface area contributed by atoms with Crippen molar-refractivity contribution in [2.24, 2.45) is 0 Å². The number of para-hydroxylation sites is 1. The monoisotopic (exact) mass is 260 g/mol.